The lowest BCUT2D eigenvalue weighted by atomic mass is 10.1. The number of nitro groups is 1. The van der Waals surface area contributed by atoms with Gasteiger partial charge in [0, 0.05) is 36.3 Å². The topological polar surface area (TPSA) is 84.3 Å². The molecule has 0 spiro atoms. The average molecular weight is 298 g/mol. The van der Waals surface area contributed by atoms with E-state index in [4.69, 9.17) is 0 Å². The van der Waals surface area contributed by atoms with Crippen molar-refractivity contribution in [1.29, 1.82) is 0 Å². The number of nitrogens with one attached hydrogen (secondary N) is 2. The third kappa shape index (κ3) is 2.48. The first-order valence-electron chi connectivity index (χ1n) is 6.34. The quantitative estimate of drug-likeness (QED) is 0.650. The first kappa shape index (κ1) is 14.7. The van der Waals surface area contributed by atoms with Crippen molar-refractivity contribution in [2.75, 3.05) is 13.1 Å². The zero-order valence-electron chi connectivity index (χ0n) is 11.0. The summed E-state index contributed by atoms with van der Waals surface area (Å²) in [7, 11) is 0. The van der Waals surface area contributed by atoms with Crippen molar-refractivity contribution in [3.05, 3.63) is 39.4 Å². The summed E-state index contributed by atoms with van der Waals surface area (Å²) in [5.74, 6) is 0.844. The minimum atomic E-state index is -0.456. The molecular formula is C13H16ClN3O3. The normalized spacial score (nSPS) is 26.4. The van der Waals surface area contributed by atoms with Gasteiger partial charge in [0.05, 0.1) is 4.92 Å². The average Bonchev–Trinajstić information content (AvgIpc) is 2.83. The van der Waals surface area contributed by atoms with E-state index >= 15 is 0 Å². The van der Waals surface area contributed by atoms with Crippen LogP contribution in [0.1, 0.15) is 15.9 Å². The van der Waals surface area contributed by atoms with Gasteiger partial charge in [-0.1, -0.05) is 6.07 Å². The van der Waals surface area contributed by atoms with Crippen molar-refractivity contribution in [2.24, 2.45) is 11.8 Å². The van der Waals surface area contributed by atoms with Crippen molar-refractivity contribution < 1.29 is 9.72 Å². The van der Waals surface area contributed by atoms with E-state index in [1.807, 2.05) is 0 Å². The summed E-state index contributed by atoms with van der Waals surface area (Å²) in [5, 5.41) is 17.1. The lowest BCUT2D eigenvalue weighted by Crippen LogP contribution is -2.32. The van der Waals surface area contributed by atoms with Crippen LogP contribution in [0.2, 0.25) is 0 Å². The second-order valence-electron chi connectivity index (χ2n) is 5.24. The Balaban J connectivity index is 0.00000147. The van der Waals surface area contributed by atoms with Crippen LogP contribution in [0, 0.1) is 28.9 Å². The molecule has 2 fully saturated rings. The first-order valence-corrected chi connectivity index (χ1v) is 6.34. The van der Waals surface area contributed by atoms with Crippen LogP contribution in [0.15, 0.2) is 18.2 Å². The fraction of sp³-hybridized carbons (Fsp3) is 0.462. The molecule has 1 saturated carbocycles. The molecule has 1 heterocycles. The number of amides is 1. The Kier molecular flexibility index (Phi) is 3.96. The number of hydrogen-bond donors (Lipinski definition) is 2. The summed E-state index contributed by atoms with van der Waals surface area (Å²) in [6, 6.07) is 4.83. The lowest BCUT2D eigenvalue weighted by molar-refractivity contribution is -0.385. The van der Waals surface area contributed by atoms with E-state index in [1.165, 1.54) is 6.07 Å². The van der Waals surface area contributed by atoms with Gasteiger partial charge in [-0.2, -0.15) is 0 Å². The Morgan fingerprint density at radius 2 is 2.05 bits per heavy atom. The molecule has 2 N–H and O–H groups in total. The third-order valence-electron chi connectivity index (χ3n) is 4.06. The molecule has 2 aliphatic rings. The van der Waals surface area contributed by atoms with Gasteiger partial charge in [-0.05, 0) is 24.8 Å². The highest BCUT2D eigenvalue weighted by Crippen LogP contribution is 2.41. The summed E-state index contributed by atoms with van der Waals surface area (Å²) < 4.78 is 0. The van der Waals surface area contributed by atoms with Gasteiger partial charge < -0.3 is 10.6 Å². The number of carbonyl (C=O) groups is 1. The monoisotopic (exact) mass is 297 g/mol. The first-order chi connectivity index (χ1) is 9.08. The molecule has 20 heavy (non-hydrogen) atoms. The number of halogens is 1. The van der Waals surface area contributed by atoms with Crippen LogP contribution in [0.25, 0.3) is 0 Å². The van der Waals surface area contributed by atoms with E-state index in [0.29, 0.717) is 23.0 Å². The minimum Gasteiger partial charge on any atom is -0.349 e. The van der Waals surface area contributed by atoms with Crippen LogP contribution < -0.4 is 10.6 Å². The van der Waals surface area contributed by atoms with Crippen molar-refractivity contribution in [3.63, 3.8) is 0 Å². The number of nitro benzene ring substituents is 1. The minimum absolute atomic E-state index is 0. The molecule has 0 aromatic heterocycles. The van der Waals surface area contributed by atoms with Gasteiger partial charge in [0.25, 0.3) is 11.6 Å². The molecule has 1 saturated heterocycles. The largest absolute Gasteiger partial charge is 0.349 e. The van der Waals surface area contributed by atoms with E-state index < -0.39 is 4.92 Å². The molecule has 2 atom stereocenters. The molecule has 1 amide bonds. The molecular weight excluding hydrogens is 282 g/mol. The molecule has 1 aromatic rings. The standard InChI is InChI=1S/C13H15N3O3.ClH/c1-7-2-3-8(4-11(7)16(18)19)13(17)15-12-9-5-14-6-10(9)12;/h2-4,9-10,12,14H,5-6H2,1H3,(H,15,17);1H. The second kappa shape index (κ2) is 5.38. The number of carbonyl (C=O) groups excluding carboxylic acids is 1. The predicted molar refractivity (Wildman–Crippen MR) is 76.2 cm³/mol. The molecule has 1 aromatic carbocycles. The second-order valence-corrected chi connectivity index (χ2v) is 5.24. The number of hydrogen-bond acceptors (Lipinski definition) is 4. The van der Waals surface area contributed by atoms with Crippen LogP contribution in [0.3, 0.4) is 0 Å². The Hall–Kier alpha value is -1.66. The van der Waals surface area contributed by atoms with Gasteiger partial charge in [0.1, 0.15) is 0 Å². The molecule has 6 nitrogen and oxygen atoms in total. The molecule has 3 rings (SSSR count). The summed E-state index contributed by atoms with van der Waals surface area (Å²) in [4.78, 5) is 22.5. The SMILES string of the molecule is Cc1ccc(C(=O)NC2C3CNCC32)cc1[N+](=O)[O-].Cl. The third-order valence-corrected chi connectivity index (χ3v) is 4.06. The highest BCUT2D eigenvalue weighted by Gasteiger charge is 2.53. The molecule has 108 valence electrons. The fourth-order valence-corrected chi connectivity index (χ4v) is 2.81. The maximum absolute atomic E-state index is 12.1. The number of aryl methyl sites for hydroxylation is 1. The Bertz CT molecular complexity index is 554. The van der Waals surface area contributed by atoms with Gasteiger partial charge in [0.15, 0.2) is 0 Å². The van der Waals surface area contributed by atoms with Crippen LogP contribution in [0.4, 0.5) is 5.69 Å². The van der Waals surface area contributed by atoms with Crippen LogP contribution >= 0.6 is 12.4 Å². The van der Waals surface area contributed by atoms with Crippen molar-refractivity contribution >= 4 is 24.0 Å². The zero-order valence-corrected chi connectivity index (χ0v) is 11.8. The highest BCUT2D eigenvalue weighted by atomic mass is 35.5. The molecule has 0 bridgehead atoms. The van der Waals surface area contributed by atoms with E-state index in [2.05, 4.69) is 10.6 Å². The molecule has 0 radical (unpaired) electrons. The maximum Gasteiger partial charge on any atom is 0.273 e. The maximum atomic E-state index is 12.1. The van der Waals surface area contributed by atoms with Crippen molar-refractivity contribution in [2.45, 2.75) is 13.0 Å². The van der Waals surface area contributed by atoms with Gasteiger partial charge in [-0.15, -0.1) is 12.4 Å². The van der Waals surface area contributed by atoms with Crippen molar-refractivity contribution in [1.82, 2.24) is 10.6 Å². The Morgan fingerprint density at radius 3 is 2.65 bits per heavy atom. The van der Waals surface area contributed by atoms with Crippen LogP contribution in [-0.2, 0) is 0 Å². The number of benzene rings is 1. The number of nitrogens with zero attached hydrogens (tertiary/aromatic N) is 1. The fourth-order valence-electron chi connectivity index (χ4n) is 2.81. The smallest absolute Gasteiger partial charge is 0.273 e. The number of rotatable bonds is 3. The van der Waals surface area contributed by atoms with E-state index in [-0.39, 0.29) is 30.0 Å². The molecule has 7 heteroatoms. The lowest BCUT2D eigenvalue weighted by Gasteiger charge is -2.08. The van der Waals surface area contributed by atoms with E-state index in [9.17, 15) is 14.9 Å². The van der Waals surface area contributed by atoms with Crippen LogP contribution in [0.5, 0.6) is 0 Å². The zero-order chi connectivity index (χ0) is 13.6. The van der Waals surface area contributed by atoms with Crippen molar-refractivity contribution in [3.8, 4) is 0 Å². The van der Waals surface area contributed by atoms with Gasteiger partial charge in [-0.25, -0.2) is 0 Å². The summed E-state index contributed by atoms with van der Waals surface area (Å²) in [6.07, 6.45) is 0. The van der Waals surface area contributed by atoms with Gasteiger partial charge in [0.2, 0.25) is 0 Å². The molecule has 2 unspecified atom stereocenters. The van der Waals surface area contributed by atoms with E-state index in [1.54, 1.807) is 19.1 Å². The highest BCUT2D eigenvalue weighted by molar-refractivity contribution is 5.95. The summed E-state index contributed by atoms with van der Waals surface area (Å²) >= 11 is 0. The summed E-state index contributed by atoms with van der Waals surface area (Å²) in [6.45, 7) is 3.56. The predicted octanol–water partition coefficient (Wildman–Crippen LogP) is 1.27. The van der Waals surface area contributed by atoms with E-state index in [0.717, 1.165) is 13.1 Å². The number of piperidine rings is 1. The van der Waals surface area contributed by atoms with Crippen LogP contribution in [-0.4, -0.2) is 30.0 Å². The molecule has 1 aliphatic carbocycles. The summed E-state index contributed by atoms with van der Waals surface area (Å²) in [5.41, 5.74) is 0.912. The Morgan fingerprint density at radius 1 is 1.40 bits per heavy atom. The Labute approximate surface area is 122 Å². The number of fused-ring (bicyclic) bond motifs is 1. The molecule has 1 aliphatic heterocycles. The van der Waals surface area contributed by atoms with Gasteiger partial charge >= 0.3 is 0 Å². The van der Waals surface area contributed by atoms with Gasteiger partial charge in [-0.3, -0.25) is 14.9 Å².